The van der Waals surface area contributed by atoms with Gasteiger partial charge in [0.15, 0.2) is 0 Å². The van der Waals surface area contributed by atoms with Crippen molar-refractivity contribution < 1.29 is 0 Å². The smallest absolute Gasteiger partial charge is 0.138 e. The third-order valence-corrected chi connectivity index (χ3v) is 2.81. The van der Waals surface area contributed by atoms with Crippen molar-refractivity contribution in [1.82, 2.24) is 14.7 Å². The summed E-state index contributed by atoms with van der Waals surface area (Å²) in [7, 11) is 1.92. The van der Waals surface area contributed by atoms with Gasteiger partial charge in [0.05, 0.1) is 5.69 Å². The van der Waals surface area contributed by atoms with Crippen LogP contribution in [0.3, 0.4) is 0 Å². The highest BCUT2D eigenvalue weighted by Crippen LogP contribution is 2.20. The molecule has 0 aliphatic rings. The second kappa shape index (κ2) is 4.21. The quantitative estimate of drug-likeness (QED) is 0.865. The van der Waals surface area contributed by atoms with Gasteiger partial charge in [-0.1, -0.05) is 24.6 Å². The highest BCUT2D eigenvalue weighted by atomic mass is 35.5. The molecule has 0 aromatic carbocycles. The minimum absolute atomic E-state index is 0.735. The molecule has 0 saturated carbocycles. The summed E-state index contributed by atoms with van der Waals surface area (Å²) in [5, 5.41) is 3.86. The summed E-state index contributed by atoms with van der Waals surface area (Å²) in [4.78, 5) is 4.48. The molecule has 2 aromatic heterocycles. The monoisotopic (exact) mass is 223 g/mol. The lowest BCUT2D eigenvalue weighted by Gasteiger charge is -2.05. The highest BCUT2D eigenvalue weighted by Gasteiger charge is 2.10. The first-order chi connectivity index (χ1) is 7.27. The molecule has 0 aliphatic heterocycles. The van der Waals surface area contributed by atoms with E-state index in [0.29, 0.717) is 0 Å². The molecule has 2 aromatic rings. The van der Waals surface area contributed by atoms with Crippen LogP contribution in [0.2, 0.25) is 5.15 Å². The summed E-state index contributed by atoms with van der Waals surface area (Å²) in [6.07, 6.45) is 0.861. The second-order valence-corrected chi connectivity index (χ2v) is 3.80. The molecule has 3 nitrogen and oxygen atoms in total. The van der Waals surface area contributed by atoms with Gasteiger partial charge in [-0.15, -0.1) is 0 Å². The first-order valence-electron chi connectivity index (χ1n) is 5.07. The molecule has 80 valence electrons. The largest absolute Gasteiger partial charge is 0.314 e. The Kier molecular flexibility index (Phi) is 2.93. The average Bonchev–Trinajstić information content (AvgIpc) is 2.57. The van der Waals surface area contributed by atoms with Gasteiger partial charge in [-0.05, 0) is 25.6 Å². The molecule has 0 saturated heterocycles. The van der Waals surface area contributed by atoms with E-state index in [4.69, 9.17) is 11.6 Å². The highest BCUT2D eigenvalue weighted by molar-refractivity contribution is 6.30. The summed E-state index contributed by atoms with van der Waals surface area (Å²) in [6.45, 7) is 2.85. The summed E-state index contributed by atoms with van der Waals surface area (Å²) in [6, 6.07) is 6.03. The average molecular weight is 224 g/mol. The standard InChI is InChI=1S/C11H14ClN3/c1-3-9-11(12)15-8(7-13-2)5-4-6-10(15)14-9/h4-6,13H,3,7H2,1-2H3. The zero-order chi connectivity index (χ0) is 10.8. The van der Waals surface area contributed by atoms with E-state index >= 15 is 0 Å². The molecule has 0 bridgehead atoms. The Bertz CT molecular complexity index is 476. The Morgan fingerprint density at radius 3 is 2.93 bits per heavy atom. The third kappa shape index (κ3) is 1.73. The number of aryl methyl sites for hydroxylation is 1. The van der Waals surface area contributed by atoms with Gasteiger partial charge in [-0.2, -0.15) is 0 Å². The van der Waals surface area contributed by atoms with Crippen LogP contribution >= 0.6 is 11.6 Å². The van der Waals surface area contributed by atoms with E-state index < -0.39 is 0 Å². The molecule has 0 spiro atoms. The summed E-state index contributed by atoms with van der Waals surface area (Å²) in [5.74, 6) is 0. The van der Waals surface area contributed by atoms with Crippen molar-refractivity contribution in [3.05, 3.63) is 34.7 Å². The van der Waals surface area contributed by atoms with Crippen LogP contribution in [0.5, 0.6) is 0 Å². The minimum atomic E-state index is 0.735. The number of halogens is 1. The first-order valence-corrected chi connectivity index (χ1v) is 5.45. The van der Waals surface area contributed by atoms with E-state index in [9.17, 15) is 0 Å². The van der Waals surface area contributed by atoms with Crippen molar-refractivity contribution >= 4 is 17.2 Å². The number of fused-ring (bicyclic) bond motifs is 1. The number of hydrogen-bond donors (Lipinski definition) is 1. The summed E-state index contributed by atoms with van der Waals surface area (Å²) >= 11 is 6.27. The molecule has 1 N–H and O–H groups in total. The number of rotatable bonds is 3. The molecule has 4 heteroatoms. The van der Waals surface area contributed by atoms with E-state index in [1.54, 1.807) is 0 Å². The predicted octanol–water partition coefficient (Wildman–Crippen LogP) is 2.27. The maximum Gasteiger partial charge on any atom is 0.138 e. The summed E-state index contributed by atoms with van der Waals surface area (Å²) in [5.41, 5.74) is 3.01. The number of imidazole rings is 1. The molecule has 0 unspecified atom stereocenters. The van der Waals surface area contributed by atoms with Gasteiger partial charge in [0, 0.05) is 12.2 Å². The number of hydrogen-bond acceptors (Lipinski definition) is 2. The fraction of sp³-hybridized carbons (Fsp3) is 0.364. The number of pyridine rings is 1. The second-order valence-electron chi connectivity index (χ2n) is 3.44. The molecule has 0 atom stereocenters. The molecule has 0 fully saturated rings. The maximum absolute atomic E-state index is 6.27. The van der Waals surface area contributed by atoms with Crippen molar-refractivity contribution in [2.75, 3.05) is 7.05 Å². The molecule has 2 heterocycles. The Morgan fingerprint density at radius 1 is 1.47 bits per heavy atom. The Morgan fingerprint density at radius 2 is 2.27 bits per heavy atom. The fourth-order valence-electron chi connectivity index (χ4n) is 1.71. The normalized spacial score (nSPS) is 11.1. The van der Waals surface area contributed by atoms with E-state index in [1.807, 2.05) is 23.6 Å². The lowest BCUT2D eigenvalue weighted by atomic mass is 10.3. The van der Waals surface area contributed by atoms with E-state index in [-0.39, 0.29) is 0 Å². The van der Waals surface area contributed by atoms with Crippen LogP contribution in [0.1, 0.15) is 18.3 Å². The van der Waals surface area contributed by atoms with Crippen molar-refractivity contribution in [3.63, 3.8) is 0 Å². The molecule has 2 rings (SSSR count). The fourth-order valence-corrected chi connectivity index (χ4v) is 2.08. The van der Waals surface area contributed by atoms with Gasteiger partial charge in [-0.25, -0.2) is 4.98 Å². The van der Waals surface area contributed by atoms with Gasteiger partial charge in [0.25, 0.3) is 0 Å². The van der Waals surface area contributed by atoms with Gasteiger partial charge >= 0.3 is 0 Å². The Hall–Kier alpha value is -1.06. The number of nitrogens with one attached hydrogen (secondary N) is 1. The Labute approximate surface area is 94.1 Å². The zero-order valence-corrected chi connectivity index (χ0v) is 9.67. The SMILES string of the molecule is CCc1nc2cccc(CNC)n2c1Cl. The molecular weight excluding hydrogens is 210 g/mol. The molecule has 0 radical (unpaired) electrons. The first kappa shape index (κ1) is 10.5. The van der Waals surface area contributed by atoms with Crippen LogP contribution < -0.4 is 5.32 Å². The van der Waals surface area contributed by atoms with Gasteiger partial charge < -0.3 is 5.32 Å². The van der Waals surface area contributed by atoms with Crippen LogP contribution in [0.15, 0.2) is 18.2 Å². The van der Waals surface area contributed by atoms with Crippen LogP contribution in [-0.2, 0) is 13.0 Å². The van der Waals surface area contributed by atoms with Crippen molar-refractivity contribution in [2.24, 2.45) is 0 Å². The van der Waals surface area contributed by atoms with Crippen LogP contribution in [0, 0.1) is 0 Å². The van der Waals surface area contributed by atoms with Crippen LogP contribution in [0.25, 0.3) is 5.65 Å². The van der Waals surface area contributed by atoms with E-state index in [2.05, 4.69) is 23.3 Å². The van der Waals surface area contributed by atoms with Gasteiger partial charge in [0.1, 0.15) is 10.8 Å². The molecule has 15 heavy (non-hydrogen) atoms. The van der Waals surface area contributed by atoms with Crippen molar-refractivity contribution in [1.29, 1.82) is 0 Å². The Balaban J connectivity index is 2.67. The van der Waals surface area contributed by atoms with Crippen molar-refractivity contribution in [2.45, 2.75) is 19.9 Å². The van der Waals surface area contributed by atoms with Crippen LogP contribution in [-0.4, -0.2) is 16.4 Å². The zero-order valence-electron chi connectivity index (χ0n) is 8.92. The minimum Gasteiger partial charge on any atom is -0.314 e. The van der Waals surface area contributed by atoms with Gasteiger partial charge in [0.2, 0.25) is 0 Å². The maximum atomic E-state index is 6.27. The predicted molar refractivity (Wildman–Crippen MR) is 62.3 cm³/mol. The van der Waals surface area contributed by atoms with E-state index in [1.165, 1.54) is 0 Å². The molecule has 0 amide bonds. The van der Waals surface area contributed by atoms with Crippen LogP contribution in [0.4, 0.5) is 0 Å². The third-order valence-electron chi connectivity index (χ3n) is 2.43. The lowest BCUT2D eigenvalue weighted by molar-refractivity contribution is 0.777. The van der Waals surface area contributed by atoms with Gasteiger partial charge in [-0.3, -0.25) is 4.40 Å². The molecular formula is C11H14ClN3. The number of nitrogens with zero attached hydrogens (tertiary/aromatic N) is 2. The molecule has 0 aliphatic carbocycles. The van der Waals surface area contributed by atoms with E-state index in [0.717, 1.165) is 35.2 Å². The van der Waals surface area contributed by atoms with Crippen molar-refractivity contribution in [3.8, 4) is 0 Å². The topological polar surface area (TPSA) is 29.3 Å². The summed E-state index contributed by atoms with van der Waals surface area (Å²) < 4.78 is 2.00. The number of aromatic nitrogens is 2. The lowest BCUT2D eigenvalue weighted by Crippen LogP contribution is -2.09.